The molecule has 1 aromatic carbocycles. The second-order valence-electron chi connectivity index (χ2n) is 6.27. The Kier molecular flexibility index (Phi) is 5.23. The molecule has 0 aliphatic carbocycles. The normalized spacial score (nSPS) is 11.0. The van der Waals surface area contributed by atoms with Crippen LogP contribution in [0.5, 0.6) is 0 Å². The lowest BCUT2D eigenvalue weighted by Gasteiger charge is -2.10. The number of anilines is 1. The summed E-state index contributed by atoms with van der Waals surface area (Å²) in [6, 6.07) is 9.63. The molecule has 6 nitrogen and oxygen atoms in total. The number of Topliss-reactive ketones (excluding diaryl/α,β-unsaturated/α-hetero) is 1. The van der Waals surface area contributed by atoms with Crippen LogP contribution in [-0.2, 0) is 13.1 Å². The van der Waals surface area contributed by atoms with Crippen LogP contribution in [-0.4, -0.2) is 38.2 Å². The number of hydrogen-bond donors (Lipinski definition) is 2. The minimum absolute atomic E-state index is 0.000141. The van der Waals surface area contributed by atoms with Gasteiger partial charge in [-0.15, -0.1) is 6.58 Å². The summed E-state index contributed by atoms with van der Waals surface area (Å²) in [6.07, 6.45) is 1.83. The van der Waals surface area contributed by atoms with Crippen molar-refractivity contribution in [1.29, 1.82) is 0 Å². The Morgan fingerprint density at radius 2 is 2.08 bits per heavy atom. The van der Waals surface area contributed by atoms with E-state index in [2.05, 4.69) is 21.4 Å². The van der Waals surface area contributed by atoms with Crippen molar-refractivity contribution in [2.75, 3.05) is 18.5 Å². The molecule has 0 saturated carbocycles. The van der Waals surface area contributed by atoms with Crippen LogP contribution in [0.1, 0.15) is 21.7 Å². The number of aliphatic hydroxyl groups is 1. The van der Waals surface area contributed by atoms with E-state index in [0.717, 1.165) is 28.0 Å². The standard InChI is InChI=1S/C20H24N4O2/c1-4-10-23-14(2)12-16(15(23)3)19(26)13-24-18-8-6-5-7-17(18)22-20(24)21-9-11-25/h4-8,12,25H,1,9-11,13H2,2-3H3,(H,21,22). The van der Waals surface area contributed by atoms with Crippen molar-refractivity contribution in [3.63, 3.8) is 0 Å². The van der Waals surface area contributed by atoms with Gasteiger partial charge in [0.2, 0.25) is 5.95 Å². The number of carbonyl (C=O) groups excluding carboxylic acids is 1. The highest BCUT2D eigenvalue weighted by atomic mass is 16.3. The van der Waals surface area contributed by atoms with Crippen molar-refractivity contribution < 1.29 is 9.90 Å². The van der Waals surface area contributed by atoms with E-state index in [0.29, 0.717) is 19.0 Å². The van der Waals surface area contributed by atoms with Crippen LogP contribution in [0.3, 0.4) is 0 Å². The molecule has 0 aliphatic rings. The van der Waals surface area contributed by atoms with Gasteiger partial charge in [-0.2, -0.15) is 0 Å². The van der Waals surface area contributed by atoms with Crippen molar-refractivity contribution in [2.45, 2.75) is 26.9 Å². The summed E-state index contributed by atoms with van der Waals surface area (Å²) in [5, 5.41) is 12.2. The maximum Gasteiger partial charge on any atom is 0.204 e. The molecule has 0 radical (unpaired) electrons. The van der Waals surface area contributed by atoms with E-state index in [1.807, 2.05) is 54.8 Å². The van der Waals surface area contributed by atoms with Crippen LogP contribution in [0.2, 0.25) is 0 Å². The van der Waals surface area contributed by atoms with Gasteiger partial charge in [-0.3, -0.25) is 4.79 Å². The first-order chi connectivity index (χ1) is 12.6. The Balaban J connectivity index is 1.96. The van der Waals surface area contributed by atoms with Crippen LogP contribution in [0.25, 0.3) is 11.0 Å². The highest BCUT2D eigenvalue weighted by Crippen LogP contribution is 2.22. The molecule has 2 heterocycles. The fourth-order valence-electron chi connectivity index (χ4n) is 3.26. The number of fused-ring (bicyclic) bond motifs is 1. The highest BCUT2D eigenvalue weighted by molar-refractivity contribution is 5.98. The van der Waals surface area contributed by atoms with Crippen LogP contribution < -0.4 is 5.32 Å². The third-order valence-corrected chi connectivity index (χ3v) is 4.54. The van der Waals surface area contributed by atoms with E-state index in [4.69, 9.17) is 5.11 Å². The van der Waals surface area contributed by atoms with Gasteiger partial charge in [-0.1, -0.05) is 18.2 Å². The summed E-state index contributed by atoms with van der Waals surface area (Å²) in [6.45, 7) is 8.98. The number of rotatable bonds is 8. The summed E-state index contributed by atoms with van der Waals surface area (Å²) < 4.78 is 3.95. The van der Waals surface area contributed by atoms with Gasteiger partial charge in [0.1, 0.15) is 0 Å². The van der Waals surface area contributed by atoms with Crippen molar-refractivity contribution in [1.82, 2.24) is 14.1 Å². The topological polar surface area (TPSA) is 72.1 Å². The number of hydrogen-bond acceptors (Lipinski definition) is 4. The number of ketones is 1. The predicted molar refractivity (Wildman–Crippen MR) is 104 cm³/mol. The molecule has 0 unspecified atom stereocenters. The quantitative estimate of drug-likeness (QED) is 0.483. The number of benzene rings is 1. The van der Waals surface area contributed by atoms with E-state index < -0.39 is 0 Å². The number of nitrogens with zero attached hydrogens (tertiary/aromatic N) is 3. The smallest absolute Gasteiger partial charge is 0.204 e. The molecule has 136 valence electrons. The summed E-state index contributed by atoms with van der Waals surface area (Å²) in [5.41, 5.74) is 4.41. The number of aliphatic hydroxyl groups excluding tert-OH is 1. The van der Waals surface area contributed by atoms with Gasteiger partial charge < -0.3 is 19.6 Å². The minimum atomic E-state index is -0.000141. The van der Waals surface area contributed by atoms with E-state index in [1.54, 1.807) is 0 Å². The number of imidazole rings is 1. The zero-order valence-electron chi connectivity index (χ0n) is 15.2. The molecule has 0 spiro atoms. The Labute approximate surface area is 152 Å². The summed E-state index contributed by atoms with van der Waals surface area (Å²) in [5.74, 6) is 0.622. The summed E-state index contributed by atoms with van der Waals surface area (Å²) in [4.78, 5) is 17.5. The van der Waals surface area contributed by atoms with Gasteiger partial charge in [0.05, 0.1) is 24.2 Å². The van der Waals surface area contributed by atoms with Gasteiger partial charge >= 0.3 is 0 Å². The number of aryl methyl sites for hydroxylation is 1. The van der Waals surface area contributed by atoms with Gasteiger partial charge in [0, 0.05) is 30.0 Å². The van der Waals surface area contributed by atoms with Crippen LogP contribution in [0.4, 0.5) is 5.95 Å². The molecular weight excluding hydrogens is 328 g/mol. The number of para-hydroxylation sites is 2. The second-order valence-corrected chi connectivity index (χ2v) is 6.27. The van der Waals surface area contributed by atoms with Gasteiger partial charge in [0.15, 0.2) is 5.78 Å². The second kappa shape index (κ2) is 7.58. The summed E-state index contributed by atoms with van der Waals surface area (Å²) >= 11 is 0. The van der Waals surface area contributed by atoms with Gasteiger partial charge in [-0.05, 0) is 32.0 Å². The molecule has 6 heteroatoms. The van der Waals surface area contributed by atoms with Crippen molar-refractivity contribution >= 4 is 22.8 Å². The largest absolute Gasteiger partial charge is 0.395 e. The SMILES string of the molecule is C=CCn1c(C)cc(C(=O)Cn2c(NCCO)nc3ccccc32)c1C. The first-order valence-electron chi connectivity index (χ1n) is 8.67. The average molecular weight is 352 g/mol. The third kappa shape index (κ3) is 3.28. The van der Waals surface area contributed by atoms with Crippen molar-refractivity contribution in [3.05, 3.63) is 59.9 Å². The Bertz CT molecular complexity index is 952. The number of carbonyl (C=O) groups is 1. The number of aromatic nitrogens is 3. The number of nitrogens with one attached hydrogen (secondary N) is 1. The summed E-state index contributed by atoms with van der Waals surface area (Å²) in [7, 11) is 0. The molecule has 0 bridgehead atoms. The van der Waals surface area contributed by atoms with Crippen molar-refractivity contribution in [3.8, 4) is 0 Å². The first kappa shape index (κ1) is 17.9. The molecule has 0 aliphatic heterocycles. The fraction of sp³-hybridized carbons (Fsp3) is 0.300. The average Bonchev–Trinajstić information content (AvgIpc) is 3.12. The monoisotopic (exact) mass is 352 g/mol. The lowest BCUT2D eigenvalue weighted by Crippen LogP contribution is -2.16. The van der Waals surface area contributed by atoms with Gasteiger partial charge in [-0.25, -0.2) is 4.98 Å². The molecule has 3 aromatic rings. The Morgan fingerprint density at radius 1 is 1.31 bits per heavy atom. The zero-order valence-corrected chi connectivity index (χ0v) is 15.2. The fourth-order valence-corrected chi connectivity index (χ4v) is 3.26. The molecule has 2 aromatic heterocycles. The van der Waals surface area contributed by atoms with E-state index in [1.165, 1.54) is 0 Å². The van der Waals surface area contributed by atoms with Crippen LogP contribution in [0, 0.1) is 13.8 Å². The molecule has 26 heavy (non-hydrogen) atoms. The minimum Gasteiger partial charge on any atom is -0.395 e. The molecule has 0 saturated heterocycles. The van der Waals surface area contributed by atoms with Gasteiger partial charge in [0.25, 0.3) is 0 Å². The molecule has 0 amide bonds. The predicted octanol–water partition coefficient (Wildman–Crippen LogP) is 2.93. The molecule has 2 N–H and O–H groups in total. The van der Waals surface area contributed by atoms with E-state index in [9.17, 15) is 4.79 Å². The lowest BCUT2D eigenvalue weighted by molar-refractivity contribution is 0.0973. The van der Waals surface area contributed by atoms with Crippen LogP contribution in [0.15, 0.2) is 43.0 Å². The zero-order chi connectivity index (χ0) is 18.7. The maximum absolute atomic E-state index is 13.0. The molecule has 0 atom stereocenters. The van der Waals surface area contributed by atoms with Crippen LogP contribution >= 0.6 is 0 Å². The first-order valence-corrected chi connectivity index (χ1v) is 8.67. The van der Waals surface area contributed by atoms with E-state index >= 15 is 0 Å². The van der Waals surface area contributed by atoms with E-state index in [-0.39, 0.29) is 18.9 Å². The molecular formula is C20H24N4O2. The highest BCUT2D eigenvalue weighted by Gasteiger charge is 2.18. The Morgan fingerprint density at radius 3 is 2.81 bits per heavy atom. The van der Waals surface area contributed by atoms with Crippen molar-refractivity contribution in [2.24, 2.45) is 0 Å². The molecule has 3 rings (SSSR count). The Hall–Kier alpha value is -2.86. The number of allylic oxidation sites excluding steroid dienone is 1. The lowest BCUT2D eigenvalue weighted by atomic mass is 10.1. The third-order valence-electron chi connectivity index (χ3n) is 4.54. The maximum atomic E-state index is 13.0. The molecule has 0 fully saturated rings.